The molecule has 1 atom stereocenters. The minimum atomic E-state index is -3.85. The van der Waals surface area contributed by atoms with Crippen molar-refractivity contribution in [3.05, 3.63) is 63.2 Å². The van der Waals surface area contributed by atoms with Gasteiger partial charge in [-0.25, -0.2) is 13.2 Å². The number of nitrogens with zero attached hydrogens (tertiary/aromatic N) is 2. The Hall–Kier alpha value is -2.49. The summed E-state index contributed by atoms with van der Waals surface area (Å²) in [6.45, 7) is 2.79. The van der Waals surface area contributed by atoms with Crippen LogP contribution in [0.25, 0.3) is 0 Å². The zero-order chi connectivity index (χ0) is 21.2. The van der Waals surface area contributed by atoms with E-state index in [2.05, 4.69) is 0 Å². The predicted molar refractivity (Wildman–Crippen MR) is 107 cm³/mol. The number of ether oxygens (including phenoxy) is 1. The second-order valence-corrected chi connectivity index (χ2v) is 9.21. The van der Waals surface area contributed by atoms with Gasteiger partial charge in [0.15, 0.2) is 0 Å². The molecule has 0 spiro atoms. The van der Waals surface area contributed by atoms with E-state index >= 15 is 0 Å². The fourth-order valence-corrected chi connectivity index (χ4v) is 5.23. The van der Waals surface area contributed by atoms with Crippen LogP contribution in [-0.2, 0) is 10.0 Å². The minimum absolute atomic E-state index is 0.0105. The second kappa shape index (κ2) is 8.48. The summed E-state index contributed by atoms with van der Waals surface area (Å²) in [5.41, 5.74) is -0.128. The number of esters is 1. The van der Waals surface area contributed by atoms with Crippen LogP contribution in [0.15, 0.2) is 47.4 Å². The van der Waals surface area contributed by atoms with Crippen molar-refractivity contribution >= 4 is 33.3 Å². The summed E-state index contributed by atoms with van der Waals surface area (Å²) in [6, 6.07) is 8.90. The third-order valence-electron chi connectivity index (χ3n) is 4.66. The van der Waals surface area contributed by atoms with Gasteiger partial charge in [0.05, 0.1) is 15.5 Å². The zero-order valence-corrected chi connectivity index (χ0v) is 17.1. The number of carbonyl (C=O) groups is 1. The Bertz CT molecular complexity index is 1040. The van der Waals surface area contributed by atoms with Gasteiger partial charge in [-0.3, -0.25) is 10.1 Å². The lowest BCUT2D eigenvalue weighted by Gasteiger charge is -2.30. The maximum absolute atomic E-state index is 13.0. The maximum Gasteiger partial charge on any atom is 0.343 e. The first-order valence-electron chi connectivity index (χ1n) is 8.95. The highest BCUT2D eigenvalue weighted by Gasteiger charge is 2.31. The average molecular weight is 439 g/mol. The average Bonchev–Trinajstić information content (AvgIpc) is 2.68. The lowest BCUT2D eigenvalue weighted by Crippen LogP contribution is -2.39. The van der Waals surface area contributed by atoms with E-state index in [1.807, 2.05) is 6.92 Å². The van der Waals surface area contributed by atoms with E-state index < -0.39 is 20.9 Å². The number of sulfonamides is 1. The molecule has 1 aliphatic heterocycles. The molecule has 0 saturated carbocycles. The number of piperidine rings is 1. The summed E-state index contributed by atoms with van der Waals surface area (Å²) in [5, 5.41) is 10.7. The van der Waals surface area contributed by atoms with E-state index in [0.717, 1.165) is 12.8 Å². The van der Waals surface area contributed by atoms with Crippen molar-refractivity contribution in [1.82, 2.24) is 4.31 Å². The molecule has 29 heavy (non-hydrogen) atoms. The number of benzene rings is 2. The topological polar surface area (TPSA) is 107 Å². The number of carbonyl (C=O) groups excluding carboxylic acids is 1. The molecule has 0 radical (unpaired) electrons. The third-order valence-corrected chi connectivity index (χ3v) is 7.01. The molecule has 3 rings (SSSR count). The number of rotatable bonds is 5. The fourth-order valence-electron chi connectivity index (χ4n) is 3.13. The highest BCUT2D eigenvalue weighted by Crippen LogP contribution is 2.29. The largest absolute Gasteiger partial charge is 0.423 e. The summed E-state index contributed by atoms with van der Waals surface area (Å²) >= 11 is 6.13. The predicted octanol–water partition coefficient (Wildman–Crippen LogP) is 3.89. The van der Waals surface area contributed by atoms with Crippen molar-refractivity contribution in [2.75, 3.05) is 13.1 Å². The van der Waals surface area contributed by atoms with E-state index in [1.165, 1.54) is 46.8 Å². The molecule has 10 heteroatoms. The molecular formula is C19H19ClN2O6S. The van der Waals surface area contributed by atoms with Crippen molar-refractivity contribution in [3.63, 3.8) is 0 Å². The Kier molecular flexibility index (Phi) is 6.21. The minimum Gasteiger partial charge on any atom is -0.423 e. The second-order valence-electron chi connectivity index (χ2n) is 6.90. The molecule has 1 fully saturated rings. The highest BCUT2D eigenvalue weighted by molar-refractivity contribution is 7.89. The molecule has 2 aromatic carbocycles. The van der Waals surface area contributed by atoms with Crippen LogP contribution in [0, 0.1) is 16.0 Å². The van der Waals surface area contributed by atoms with Gasteiger partial charge < -0.3 is 4.74 Å². The number of hydrogen-bond donors (Lipinski definition) is 0. The highest BCUT2D eigenvalue weighted by atomic mass is 35.5. The van der Waals surface area contributed by atoms with Crippen molar-refractivity contribution < 1.29 is 22.9 Å². The van der Waals surface area contributed by atoms with Gasteiger partial charge in [0.25, 0.3) is 5.69 Å². The van der Waals surface area contributed by atoms with Gasteiger partial charge >= 0.3 is 5.97 Å². The Morgan fingerprint density at radius 3 is 2.55 bits per heavy atom. The quantitative estimate of drug-likeness (QED) is 0.303. The summed E-state index contributed by atoms with van der Waals surface area (Å²) in [6.07, 6.45) is 1.72. The van der Waals surface area contributed by atoms with Gasteiger partial charge in [-0.1, -0.05) is 18.5 Å². The molecular weight excluding hydrogens is 420 g/mol. The first-order valence-corrected chi connectivity index (χ1v) is 10.8. The Labute approximate surface area is 173 Å². The third kappa shape index (κ3) is 4.75. The van der Waals surface area contributed by atoms with E-state index in [1.54, 1.807) is 0 Å². The fraction of sp³-hybridized carbons (Fsp3) is 0.316. The van der Waals surface area contributed by atoms with Gasteiger partial charge in [-0.2, -0.15) is 4.31 Å². The standard InChI is InChI=1S/C19H19ClN2O6S/c1-13-3-2-10-21(12-13)29(26,27)18-11-14(4-9-17(18)20)19(23)28-16-7-5-15(6-8-16)22(24)25/h4-9,11,13H,2-3,10,12H2,1H3. The SMILES string of the molecule is CC1CCCN(S(=O)(=O)c2cc(C(=O)Oc3ccc([N+](=O)[O-])cc3)ccc2Cl)C1. The molecule has 1 unspecified atom stereocenters. The summed E-state index contributed by atoms with van der Waals surface area (Å²) < 4.78 is 32.6. The molecule has 0 amide bonds. The maximum atomic E-state index is 13.0. The smallest absolute Gasteiger partial charge is 0.343 e. The molecule has 0 N–H and O–H groups in total. The zero-order valence-electron chi connectivity index (χ0n) is 15.6. The first-order chi connectivity index (χ1) is 13.7. The lowest BCUT2D eigenvalue weighted by molar-refractivity contribution is -0.384. The van der Waals surface area contributed by atoms with Crippen LogP contribution >= 0.6 is 11.6 Å². The van der Waals surface area contributed by atoms with E-state index in [0.29, 0.717) is 13.1 Å². The van der Waals surface area contributed by atoms with E-state index in [9.17, 15) is 23.3 Å². The van der Waals surface area contributed by atoms with Crippen molar-refractivity contribution in [3.8, 4) is 5.75 Å². The molecule has 1 heterocycles. The van der Waals surface area contributed by atoms with Crippen LogP contribution < -0.4 is 4.74 Å². The van der Waals surface area contributed by atoms with Crippen LogP contribution in [0.5, 0.6) is 5.75 Å². The number of non-ortho nitro benzene ring substituents is 1. The number of halogens is 1. The number of nitro groups is 1. The van der Waals surface area contributed by atoms with Gasteiger partial charge in [0, 0.05) is 25.2 Å². The van der Waals surface area contributed by atoms with Gasteiger partial charge in [-0.05, 0) is 49.1 Å². The van der Waals surface area contributed by atoms with Crippen LogP contribution in [-0.4, -0.2) is 36.7 Å². The summed E-state index contributed by atoms with van der Waals surface area (Å²) in [7, 11) is -3.85. The Morgan fingerprint density at radius 2 is 1.93 bits per heavy atom. The summed E-state index contributed by atoms with van der Waals surface area (Å²) in [4.78, 5) is 22.4. The van der Waals surface area contributed by atoms with Crippen molar-refractivity contribution in [2.45, 2.75) is 24.7 Å². The molecule has 0 bridgehead atoms. The summed E-state index contributed by atoms with van der Waals surface area (Å²) in [5.74, 6) is -0.448. The van der Waals surface area contributed by atoms with Crippen LogP contribution in [0.2, 0.25) is 5.02 Å². The van der Waals surface area contributed by atoms with Crippen molar-refractivity contribution in [2.24, 2.45) is 5.92 Å². The first kappa shape index (κ1) is 21.2. The molecule has 154 valence electrons. The molecule has 8 nitrogen and oxygen atoms in total. The normalized spacial score (nSPS) is 17.7. The van der Waals surface area contributed by atoms with Gasteiger partial charge in [0.1, 0.15) is 10.6 Å². The van der Waals surface area contributed by atoms with Crippen LogP contribution in [0.3, 0.4) is 0 Å². The monoisotopic (exact) mass is 438 g/mol. The van der Waals surface area contributed by atoms with Crippen molar-refractivity contribution in [1.29, 1.82) is 0 Å². The molecule has 0 aliphatic carbocycles. The van der Waals surface area contributed by atoms with E-state index in [4.69, 9.17) is 16.3 Å². The lowest BCUT2D eigenvalue weighted by atomic mass is 10.0. The van der Waals surface area contributed by atoms with Gasteiger partial charge in [0.2, 0.25) is 10.0 Å². The van der Waals surface area contributed by atoms with E-state index in [-0.39, 0.29) is 32.8 Å². The molecule has 2 aromatic rings. The Balaban J connectivity index is 1.84. The number of nitro benzene ring substituents is 1. The van der Waals surface area contributed by atoms with Crippen LogP contribution in [0.1, 0.15) is 30.1 Å². The molecule has 1 aliphatic rings. The Morgan fingerprint density at radius 1 is 1.24 bits per heavy atom. The van der Waals surface area contributed by atoms with Crippen LogP contribution in [0.4, 0.5) is 5.69 Å². The van der Waals surface area contributed by atoms with Gasteiger partial charge in [-0.15, -0.1) is 0 Å². The number of hydrogen-bond acceptors (Lipinski definition) is 6. The molecule has 1 saturated heterocycles. The molecule has 0 aromatic heterocycles.